The van der Waals surface area contributed by atoms with Gasteiger partial charge in [-0.2, -0.15) is 0 Å². The summed E-state index contributed by atoms with van der Waals surface area (Å²) in [6.07, 6.45) is 0. The Kier molecular flexibility index (Phi) is 5.92. The molecule has 2 amide bonds. The number of carbonyl (C=O) groups is 2. The third kappa shape index (κ3) is 4.79. The molecule has 2 N–H and O–H groups in total. The number of amides is 2. The fourth-order valence-electron chi connectivity index (χ4n) is 2.03. The summed E-state index contributed by atoms with van der Waals surface area (Å²) in [4.78, 5) is 23.8. The van der Waals surface area contributed by atoms with Gasteiger partial charge in [-0.05, 0) is 43.7 Å². The van der Waals surface area contributed by atoms with Gasteiger partial charge in [0, 0.05) is 10.5 Å². The third-order valence-corrected chi connectivity index (χ3v) is 4.22. The molecule has 0 atom stereocenters. The van der Waals surface area contributed by atoms with Crippen LogP contribution < -0.4 is 10.9 Å². The summed E-state index contributed by atoms with van der Waals surface area (Å²) in [6.45, 7) is 3.71. The number of halogens is 2. The van der Waals surface area contributed by atoms with Crippen molar-refractivity contribution in [3.63, 3.8) is 0 Å². The first kappa shape index (κ1) is 17.9. The van der Waals surface area contributed by atoms with Gasteiger partial charge in [-0.1, -0.05) is 17.7 Å². The second-order valence-electron chi connectivity index (χ2n) is 5.18. The van der Waals surface area contributed by atoms with Crippen LogP contribution in [0.15, 0.2) is 41.3 Å². The fraction of sp³-hybridized carbons (Fsp3) is 0.176. The average Bonchev–Trinajstić information content (AvgIpc) is 2.53. The summed E-state index contributed by atoms with van der Waals surface area (Å²) in [5.41, 5.74) is 6.82. The summed E-state index contributed by atoms with van der Waals surface area (Å²) in [7, 11) is 0. The van der Waals surface area contributed by atoms with Crippen LogP contribution >= 0.6 is 11.8 Å². The Hall–Kier alpha value is -2.41. The van der Waals surface area contributed by atoms with E-state index >= 15 is 0 Å². The molecule has 0 fully saturated rings. The molecule has 0 aliphatic carbocycles. The van der Waals surface area contributed by atoms with Crippen molar-refractivity contribution in [2.45, 2.75) is 18.7 Å². The topological polar surface area (TPSA) is 58.2 Å². The molecule has 0 aliphatic heterocycles. The van der Waals surface area contributed by atoms with Crippen molar-refractivity contribution >= 4 is 23.6 Å². The predicted octanol–water partition coefficient (Wildman–Crippen LogP) is 3.13. The largest absolute Gasteiger partial charge is 0.272 e. The van der Waals surface area contributed by atoms with Gasteiger partial charge in [0.1, 0.15) is 11.6 Å². The lowest BCUT2D eigenvalue weighted by Gasteiger charge is -2.10. The minimum atomic E-state index is -0.603. The molecule has 0 heterocycles. The summed E-state index contributed by atoms with van der Waals surface area (Å²) in [5.74, 6) is -2.31. The van der Waals surface area contributed by atoms with Gasteiger partial charge in [-0.25, -0.2) is 8.78 Å². The third-order valence-electron chi connectivity index (χ3n) is 3.19. The van der Waals surface area contributed by atoms with Gasteiger partial charge in [0.15, 0.2) is 0 Å². The van der Waals surface area contributed by atoms with Crippen molar-refractivity contribution in [3.05, 3.63) is 64.7 Å². The highest BCUT2D eigenvalue weighted by Crippen LogP contribution is 2.22. The summed E-state index contributed by atoms with van der Waals surface area (Å²) in [6, 6.07) is 8.34. The van der Waals surface area contributed by atoms with Crippen molar-refractivity contribution < 1.29 is 18.4 Å². The Balaban J connectivity index is 1.86. The Morgan fingerprint density at radius 3 is 2.50 bits per heavy atom. The number of rotatable bonds is 4. The van der Waals surface area contributed by atoms with Crippen LogP contribution in [0.1, 0.15) is 21.5 Å². The van der Waals surface area contributed by atoms with Gasteiger partial charge in [-0.15, -0.1) is 11.8 Å². The van der Waals surface area contributed by atoms with Gasteiger partial charge < -0.3 is 0 Å². The predicted molar refractivity (Wildman–Crippen MR) is 88.6 cm³/mol. The van der Waals surface area contributed by atoms with Crippen LogP contribution in [0.25, 0.3) is 0 Å². The first-order valence-electron chi connectivity index (χ1n) is 7.11. The molecule has 4 nitrogen and oxygen atoms in total. The highest BCUT2D eigenvalue weighted by atomic mass is 32.2. The van der Waals surface area contributed by atoms with Gasteiger partial charge in [0.2, 0.25) is 5.91 Å². The average molecular weight is 350 g/mol. The highest BCUT2D eigenvalue weighted by molar-refractivity contribution is 8.00. The molecule has 0 aromatic heterocycles. The van der Waals surface area contributed by atoms with Gasteiger partial charge in [0.05, 0.1) is 5.75 Å². The van der Waals surface area contributed by atoms with Gasteiger partial charge in [0.25, 0.3) is 5.91 Å². The molecular formula is C17H16F2N2O2S. The number of aryl methyl sites for hydroxylation is 2. The molecule has 0 unspecified atom stereocenters. The van der Waals surface area contributed by atoms with Gasteiger partial charge in [-0.3, -0.25) is 20.4 Å². The van der Waals surface area contributed by atoms with Crippen molar-refractivity contribution in [2.75, 3.05) is 5.75 Å². The molecule has 0 spiro atoms. The zero-order chi connectivity index (χ0) is 17.7. The Morgan fingerprint density at radius 2 is 1.79 bits per heavy atom. The number of hydrogen-bond donors (Lipinski definition) is 2. The lowest BCUT2D eigenvalue weighted by atomic mass is 10.1. The Labute approximate surface area is 142 Å². The standard InChI is InChI=1S/C17H16F2N2O2S/c1-10-3-5-13(11(2)7-10)17(23)21-20-16(22)9-24-15-8-12(18)4-6-14(15)19/h3-8H,9H2,1-2H3,(H,20,22)(H,21,23). The van der Waals surface area contributed by atoms with Crippen LogP contribution in [0.5, 0.6) is 0 Å². The highest BCUT2D eigenvalue weighted by Gasteiger charge is 2.11. The minimum Gasteiger partial charge on any atom is -0.272 e. The molecular weight excluding hydrogens is 334 g/mol. The van der Waals surface area contributed by atoms with E-state index in [-0.39, 0.29) is 10.6 Å². The zero-order valence-electron chi connectivity index (χ0n) is 13.2. The molecule has 0 saturated carbocycles. The van der Waals surface area contributed by atoms with E-state index in [4.69, 9.17) is 0 Å². The van der Waals surface area contributed by atoms with Crippen molar-refractivity contribution in [3.8, 4) is 0 Å². The number of hydrazine groups is 1. The lowest BCUT2D eigenvalue weighted by Crippen LogP contribution is -2.42. The monoisotopic (exact) mass is 350 g/mol. The van der Waals surface area contributed by atoms with Crippen LogP contribution in [0.4, 0.5) is 8.78 Å². The zero-order valence-corrected chi connectivity index (χ0v) is 14.0. The minimum absolute atomic E-state index is 0.0332. The maximum atomic E-state index is 13.4. The van der Waals surface area contributed by atoms with E-state index < -0.39 is 23.4 Å². The molecule has 2 aromatic carbocycles. The quantitative estimate of drug-likeness (QED) is 0.658. The van der Waals surface area contributed by atoms with E-state index in [1.54, 1.807) is 19.1 Å². The molecule has 0 aliphatic rings. The lowest BCUT2D eigenvalue weighted by molar-refractivity contribution is -0.119. The van der Waals surface area contributed by atoms with Crippen molar-refractivity contribution in [1.82, 2.24) is 10.9 Å². The second-order valence-corrected chi connectivity index (χ2v) is 6.20. The molecule has 7 heteroatoms. The second kappa shape index (κ2) is 7.92. The normalized spacial score (nSPS) is 10.3. The summed E-state index contributed by atoms with van der Waals surface area (Å²) in [5, 5.41) is 0. The number of nitrogens with one attached hydrogen (secondary N) is 2. The number of thioether (sulfide) groups is 1. The van der Waals surface area contributed by atoms with E-state index in [0.717, 1.165) is 41.1 Å². The van der Waals surface area contributed by atoms with Crippen LogP contribution in [-0.4, -0.2) is 17.6 Å². The van der Waals surface area contributed by atoms with Crippen LogP contribution in [0.2, 0.25) is 0 Å². The number of hydrogen-bond acceptors (Lipinski definition) is 3. The van der Waals surface area contributed by atoms with E-state index in [9.17, 15) is 18.4 Å². The molecule has 0 saturated heterocycles. The van der Waals surface area contributed by atoms with Crippen LogP contribution in [-0.2, 0) is 4.79 Å². The van der Waals surface area contributed by atoms with Gasteiger partial charge >= 0.3 is 0 Å². The van der Waals surface area contributed by atoms with Crippen LogP contribution in [0, 0.1) is 25.5 Å². The Morgan fingerprint density at radius 1 is 1.04 bits per heavy atom. The summed E-state index contributed by atoms with van der Waals surface area (Å²) < 4.78 is 26.5. The Bertz CT molecular complexity index is 781. The maximum Gasteiger partial charge on any atom is 0.269 e. The number of benzene rings is 2. The SMILES string of the molecule is Cc1ccc(C(=O)NNC(=O)CSc2cc(F)ccc2F)c(C)c1. The first-order chi connectivity index (χ1) is 11.4. The molecule has 24 heavy (non-hydrogen) atoms. The van der Waals surface area contributed by atoms with E-state index in [2.05, 4.69) is 10.9 Å². The van der Waals surface area contributed by atoms with E-state index in [0.29, 0.717) is 5.56 Å². The molecule has 2 aromatic rings. The first-order valence-corrected chi connectivity index (χ1v) is 8.09. The summed E-state index contributed by atoms with van der Waals surface area (Å²) >= 11 is 0.844. The fourth-order valence-corrected chi connectivity index (χ4v) is 2.79. The van der Waals surface area contributed by atoms with Crippen LogP contribution in [0.3, 0.4) is 0 Å². The van der Waals surface area contributed by atoms with E-state index in [1.807, 2.05) is 13.0 Å². The smallest absolute Gasteiger partial charge is 0.269 e. The van der Waals surface area contributed by atoms with Crippen molar-refractivity contribution in [1.29, 1.82) is 0 Å². The maximum absolute atomic E-state index is 13.4. The van der Waals surface area contributed by atoms with Crippen molar-refractivity contribution in [2.24, 2.45) is 0 Å². The molecule has 126 valence electrons. The van der Waals surface area contributed by atoms with E-state index in [1.165, 1.54) is 0 Å². The molecule has 0 radical (unpaired) electrons. The molecule has 2 rings (SSSR count). The molecule has 0 bridgehead atoms. The number of carbonyl (C=O) groups excluding carboxylic acids is 2.